The van der Waals surface area contributed by atoms with E-state index in [0.717, 1.165) is 40.8 Å². The number of nitrogens with zero attached hydrogens (tertiary/aromatic N) is 2. The smallest absolute Gasteiger partial charge is 0.303 e. The molecule has 1 N–H and O–H groups in total. The number of piperidine rings is 1. The first-order valence-corrected chi connectivity index (χ1v) is 13.0. The van der Waals surface area contributed by atoms with Crippen molar-refractivity contribution >= 4 is 17.3 Å². The van der Waals surface area contributed by atoms with Crippen molar-refractivity contribution in [1.82, 2.24) is 9.88 Å². The summed E-state index contributed by atoms with van der Waals surface area (Å²) >= 11 is 1.73. The van der Waals surface area contributed by atoms with Gasteiger partial charge in [-0.1, -0.05) is 43.3 Å². The summed E-state index contributed by atoms with van der Waals surface area (Å²) in [5.74, 6) is 0.00448. The average Bonchev–Trinajstić information content (AvgIpc) is 3.44. The molecule has 5 rings (SSSR count). The molecule has 2 aliphatic rings. The molecule has 0 radical (unpaired) electrons. The van der Waals surface area contributed by atoms with Crippen molar-refractivity contribution in [3.63, 3.8) is 0 Å². The Bertz CT molecular complexity index is 1130. The summed E-state index contributed by atoms with van der Waals surface area (Å²) in [6.07, 6.45) is 7.09. The van der Waals surface area contributed by atoms with Crippen molar-refractivity contribution in [2.75, 3.05) is 13.1 Å². The Morgan fingerprint density at radius 2 is 1.91 bits per heavy atom. The summed E-state index contributed by atoms with van der Waals surface area (Å²) in [4.78, 5) is 19.2. The molecule has 1 spiro atoms. The van der Waals surface area contributed by atoms with E-state index < -0.39 is 5.97 Å². The van der Waals surface area contributed by atoms with Crippen LogP contribution < -0.4 is 4.74 Å². The molecule has 1 aliphatic heterocycles. The number of hydrogen-bond acceptors (Lipinski definition) is 5. The molecule has 0 amide bonds. The molecule has 2 heterocycles. The third-order valence-corrected chi connectivity index (χ3v) is 8.50. The van der Waals surface area contributed by atoms with Crippen LogP contribution in [0.25, 0.3) is 0 Å². The normalized spacial score (nSPS) is 18.0. The number of likely N-dealkylation sites (tertiary alicyclic amines) is 1. The van der Waals surface area contributed by atoms with Gasteiger partial charge in [-0.25, -0.2) is 4.98 Å². The molecule has 34 heavy (non-hydrogen) atoms. The Morgan fingerprint density at radius 1 is 1.15 bits per heavy atom. The van der Waals surface area contributed by atoms with Crippen LogP contribution in [-0.4, -0.2) is 34.0 Å². The van der Waals surface area contributed by atoms with Crippen molar-refractivity contribution in [3.05, 3.63) is 81.3 Å². The van der Waals surface area contributed by atoms with Crippen molar-refractivity contribution in [1.29, 1.82) is 0 Å². The highest BCUT2D eigenvalue weighted by Crippen LogP contribution is 2.46. The van der Waals surface area contributed by atoms with E-state index >= 15 is 0 Å². The third kappa shape index (κ3) is 5.03. The highest BCUT2D eigenvalue weighted by Gasteiger charge is 2.40. The van der Waals surface area contributed by atoms with Gasteiger partial charge in [0.05, 0.1) is 17.8 Å². The Kier molecular flexibility index (Phi) is 6.70. The Balaban J connectivity index is 1.11. The number of aromatic nitrogens is 1. The highest BCUT2D eigenvalue weighted by molar-refractivity contribution is 7.11. The van der Waals surface area contributed by atoms with Crippen molar-refractivity contribution in [2.24, 2.45) is 0 Å². The van der Waals surface area contributed by atoms with E-state index in [1.54, 1.807) is 22.5 Å². The van der Waals surface area contributed by atoms with Crippen LogP contribution in [0.1, 0.15) is 65.1 Å². The average molecular weight is 477 g/mol. The van der Waals surface area contributed by atoms with Crippen LogP contribution in [0.5, 0.6) is 5.75 Å². The number of hydrogen-bond donors (Lipinski definition) is 1. The van der Waals surface area contributed by atoms with Gasteiger partial charge in [0.15, 0.2) is 0 Å². The lowest BCUT2D eigenvalue weighted by atomic mass is 9.74. The topological polar surface area (TPSA) is 62.7 Å². The Morgan fingerprint density at radius 3 is 2.68 bits per heavy atom. The Hall–Kier alpha value is -2.70. The zero-order valence-electron chi connectivity index (χ0n) is 19.7. The number of rotatable bonds is 8. The molecule has 1 atom stereocenters. The van der Waals surface area contributed by atoms with Crippen LogP contribution in [0.2, 0.25) is 0 Å². The molecule has 0 saturated carbocycles. The van der Waals surface area contributed by atoms with Gasteiger partial charge in [0, 0.05) is 6.20 Å². The predicted octanol–water partition coefficient (Wildman–Crippen LogP) is 5.78. The van der Waals surface area contributed by atoms with Gasteiger partial charge in [-0.2, -0.15) is 0 Å². The standard InChI is InChI=1S/C28H32N2O3S/c1-20(16-27(31)32)21-6-8-23(9-7-21)33-19-24-17-29-26(34-24)18-30-14-12-28(13-15-30)11-10-22-4-2-3-5-25(22)28/h2-9,17,20H,10-16,18-19H2,1H3,(H,31,32). The fourth-order valence-corrected chi connectivity index (χ4v) is 6.41. The van der Waals surface area contributed by atoms with Crippen molar-refractivity contribution < 1.29 is 14.6 Å². The largest absolute Gasteiger partial charge is 0.488 e. The number of carbonyl (C=O) groups is 1. The van der Waals surface area contributed by atoms with Gasteiger partial charge in [0.25, 0.3) is 0 Å². The van der Waals surface area contributed by atoms with Crippen LogP contribution in [0.15, 0.2) is 54.7 Å². The summed E-state index contributed by atoms with van der Waals surface area (Å²) in [6.45, 7) is 5.61. The van der Waals surface area contributed by atoms with Gasteiger partial charge in [-0.05, 0) is 78.9 Å². The second-order valence-electron chi connectivity index (χ2n) is 9.79. The van der Waals surface area contributed by atoms with E-state index in [1.807, 2.05) is 37.4 Å². The lowest BCUT2D eigenvalue weighted by molar-refractivity contribution is -0.137. The van der Waals surface area contributed by atoms with E-state index in [4.69, 9.17) is 9.84 Å². The van der Waals surface area contributed by atoms with Crippen molar-refractivity contribution in [2.45, 2.75) is 63.5 Å². The zero-order valence-corrected chi connectivity index (χ0v) is 20.5. The van der Waals surface area contributed by atoms with Crippen LogP contribution in [-0.2, 0) is 29.8 Å². The third-order valence-electron chi connectivity index (χ3n) is 7.55. The molecular weight excluding hydrogens is 444 g/mol. The predicted molar refractivity (Wildman–Crippen MR) is 135 cm³/mol. The number of fused-ring (bicyclic) bond motifs is 2. The lowest BCUT2D eigenvalue weighted by Crippen LogP contribution is -2.41. The molecule has 1 unspecified atom stereocenters. The van der Waals surface area contributed by atoms with E-state index in [9.17, 15) is 4.79 Å². The Labute approximate surface area is 205 Å². The number of carboxylic acids is 1. The molecule has 1 aromatic heterocycles. The fourth-order valence-electron chi connectivity index (χ4n) is 5.53. The van der Waals surface area contributed by atoms with E-state index in [-0.39, 0.29) is 12.3 Å². The van der Waals surface area contributed by atoms with Gasteiger partial charge in [0.2, 0.25) is 0 Å². The van der Waals surface area contributed by atoms with E-state index in [1.165, 1.54) is 25.7 Å². The molecule has 1 aliphatic carbocycles. The van der Waals surface area contributed by atoms with Gasteiger partial charge >= 0.3 is 5.97 Å². The number of benzene rings is 2. The summed E-state index contributed by atoms with van der Waals surface area (Å²) in [5.41, 5.74) is 4.58. The summed E-state index contributed by atoms with van der Waals surface area (Å²) in [6, 6.07) is 16.8. The minimum absolute atomic E-state index is 0.0105. The number of thiazole rings is 1. The molecule has 2 aromatic carbocycles. The van der Waals surface area contributed by atoms with Crippen LogP contribution >= 0.6 is 11.3 Å². The van der Waals surface area contributed by atoms with Crippen molar-refractivity contribution in [3.8, 4) is 5.75 Å². The van der Waals surface area contributed by atoms with Crippen LogP contribution in [0, 0.1) is 0 Å². The number of carboxylic acid groups (broad SMARTS) is 1. The van der Waals surface area contributed by atoms with E-state index in [0.29, 0.717) is 12.0 Å². The van der Waals surface area contributed by atoms with Gasteiger partial charge in [-0.15, -0.1) is 11.3 Å². The minimum atomic E-state index is -0.776. The first-order chi connectivity index (χ1) is 16.5. The molecule has 0 bridgehead atoms. The van der Waals surface area contributed by atoms with Gasteiger partial charge in [-0.3, -0.25) is 9.69 Å². The van der Waals surface area contributed by atoms with Gasteiger partial charge < -0.3 is 9.84 Å². The molecule has 1 saturated heterocycles. The second-order valence-corrected chi connectivity index (χ2v) is 11.0. The summed E-state index contributed by atoms with van der Waals surface area (Å²) < 4.78 is 5.95. The molecule has 178 valence electrons. The number of aryl methyl sites for hydroxylation is 1. The maximum absolute atomic E-state index is 10.9. The van der Waals surface area contributed by atoms with Crippen LogP contribution in [0.3, 0.4) is 0 Å². The molecular formula is C28H32N2O3S. The zero-order chi connectivity index (χ0) is 23.5. The maximum Gasteiger partial charge on any atom is 0.303 e. The number of aliphatic carboxylic acids is 1. The van der Waals surface area contributed by atoms with E-state index in [2.05, 4.69) is 34.1 Å². The number of ether oxygens (including phenoxy) is 1. The monoisotopic (exact) mass is 476 g/mol. The summed E-state index contributed by atoms with van der Waals surface area (Å²) in [5, 5.41) is 10.1. The molecule has 6 heteroatoms. The summed E-state index contributed by atoms with van der Waals surface area (Å²) in [7, 11) is 0. The minimum Gasteiger partial charge on any atom is -0.488 e. The lowest BCUT2D eigenvalue weighted by Gasteiger charge is -2.40. The van der Waals surface area contributed by atoms with Crippen LogP contribution in [0.4, 0.5) is 0 Å². The molecule has 5 nitrogen and oxygen atoms in total. The quantitative estimate of drug-likeness (QED) is 0.446. The molecule has 1 fully saturated rings. The highest BCUT2D eigenvalue weighted by atomic mass is 32.1. The SMILES string of the molecule is CC(CC(=O)O)c1ccc(OCc2cnc(CN3CCC4(CCc5ccccc54)CC3)s2)cc1. The fraction of sp³-hybridized carbons (Fsp3) is 0.429. The second kappa shape index (κ2) is 9.88. The first-order valence-electron chi connectivity index (χ1n) is 12.2. The molecule has 3 aromatic rings. The van der Waals surface area contributed by atoms with Gasteiger partial charge in [0.1, 0.15) is 17.4 Å². The first kappa shape index (κ1) is 23.1. The maximum atomic E-state index is 10.9.